The van der Waals surface area contributed by atoms with Gasteiger partial charge in [-0.1, -0.05) is 23.9 Å². The Labute approximate surface area is 171 Å². The number of aromatic nitrogens is 2. The van der Waals surface area contributed by atoms with E-state index in [0.717, 1.165) is 0 Å². The lowest BCUT2D eigenvalue weighted by Crippen LogP contribution is -2.44. The molecule has 10 heteroatoms. The van der Waals surface area contributed by atoms with Crippen molar-refractivity contribution in [3.05, 3.63) is 53.6 Å². The Balaban J connectivity index is 1.58. The summed E-state index contributed by atoms with van der Waals surface area (Å²) in [7, 11) is 0. The first-order valence-electron chi connectivity index (χ1n) is 9.14. The van der Waals surface area contributed by atoms with Gasteiger partial charge in [-0.25, -0.2) is 14.4 Å². The summed E-state index contributed by atoms with van der Waals surface area (Å²) in [5, 5.41) is 14.4. The number of rotatable bonds is 5. The second-order valence-corrected chi connectivity index (χ2v) is 7.58. The molecule has 1 unspecified atom stereocenters. The predicted octanol–water partition coefficient (Wildman–Crippen LogP) is 1.37. The third kappa shape index (κ3) is 4.26. The number of aliphatic hydroxyl groups excluding tert-OH is 1. The van der Waals surface area contributed by atoms with E-state index in [4.69, 9.17) is 9.47 Å². The van der Waals surface area contributed by atoms with Crippen LogP contribution in [0.1, 0.15) is 17.5 Å². The summed E-state index contributed by atoms with van der Waals surface area (Å²) in [6, 6.07) is 7.37. The largest absolute Gasteiger partial charge is 0.371 e. The highest BCUT2D eigenvalue weighted by Gasteiger charge is 2.51. The van der Waals surface area contributed by atoms with Crippen LogP contribution in [-0.2, 0) is 20.7 Å². The zero-order valence-electron chi connectivity index (χ0n) is 15.8. The number of hydrogen-bond acceptors (Lipinski definition) is 8. The van der Waals surface area contributed by atoms with E-state index >= 15 is 0 Å². The van der Waals surface area contributed by atoms with Crippen molar-refractivity contribution in [2.45, 2.75) is 23.6 Å². The maximum absolute atomic E-state index is 13.2. The lowest BCUT2D eigenvalue weighted by Gasteiger charge is -2.31. The summed E-state index contributed by atoms with van der Waals surface area (Å²) in [6.07, 6.45) is 2.29. The monoisotopic (exact) mass is 420 g/mol. The van der Waals surface area contributed by atoms with Gasteiger partial charge in [0.05, 0.1) is 38.4 Å². The van der Waals surface area contributed by atoms with Crippen molar-refractivity contribution in [3.63, 3.8) is 0 Å². The highest BCUT2D eigenvalue weighted by Crippen LogP contribution is 2.34. The standard InChI is InChI=1S/C19H21FN4O4S/c1-29-18-21-7-6-15(22-18)17(26)24-12-19(27-8-9-28-19)11-23(24)16(25)10-13-2-4-14(20)5-3-13/h2-7,17,26H,8-12H2,1H3. The van der Waals surface area contributed by atoms with E-state index in [0.29, 0.717) is 29.6 Å². The fraction of sp³-hybridized carbons (Fsp3) is 0.421. The van der Waals surface area contributed by atoms with E-state index in [1.54, 1.807) is 24.4 Å². The maximum Gasteiger partial charge on any atom is 0.241 e. The zero-order chi connectivity index (χ0) is 20.4. The Morgan fingerprint density at radius 3 is 2.69 bits per heavy atom. The Hall–Kier alpha value is -2.11. The van der Waals surface area contributed by atoms with E-state index < -0.39 is 12.0 Å². The number of hydrogen-bond donors (Lipinski definition) is 1. The van der Waals surface area contributed by atoms with E-state index in [1.165, 1.54) is 33.9 Å². The van der Waals surface area contributed by atoms with Crippen LogP contribution in [0, 0.1) is 5.82 Å². The molecule has 2 aliphatic heterocycles. The van der Waals surface area contributed by atoms with Crippen LogP contribution in [0.2, 0.25) is 0 Å². The van der Waals surface area contributed by atoms with Gasteiger partial charge >= 0.3 is 0 Å². The smallest absolute Gasteiger partial charge is 0.241 e. The molecule has 1 spiro atoms. The summed E-state index contributed by atoms with van der Waals surface area (Å²) in [4.78, 5) is 21.5. The molecule has 8 nitrogen and oxygen atoms in total. The molecule has 2 saturated heterocycles. The van der Waals surface area contributed by atoms with Crippen LogP contribution in [0.15, 0.2) is 41.7 Å². The van der Waals surface area contributed by atoms with Crippen LogP contribution in [-0.4, -0.2) is 69.3 Å². The number of amides is 1. The van der Waals surface area contributed by atoms with Crippen molar-refractivity contribution >= 4 is 17.7 Å². The fourth-order valence-electron chi connectivity index (χ4n) is 3.45. The van der Waals surface area contributed by atoms with Gasteiger partial charge in [-0.3, -0.25) is 9.80 Å². The first kappa shape index (κ1) is 20.2. The Morgan fingerprint density at radius 1 is 1.28 bits per heavy atom. The summed E-state index contributed by atoms with van der Waals surface area (Å²) >= 11 is 1.36. The van der Waals surface area contributed by atoms with Gasteiger partial charge in [0.2, 0.25) is 11.7 Å². The van der Waals surface area contributed by atoms with E-state index in [-0.39, 0.29) is 31.2 Å². The van der Waals surface area contributed by atoms with Gasteiger partial charge in [-0.2, -0.15) is 5.01 Å². The number of carbonyl (C=O) groups excluding carboxylic acids is 1. The van der Waals surface area contributed by atoms with E-state index in [2.05, 4.69) is 9.97 Å². The summed E-state index contributed by atoms with van der Waals surface area (Å²) < 4.78 is 24.7. The molecule has 3 heterocycles. The van der Waals surface area contributed by atoms with Gasteiger partial charge in [0.25, 0.3) is 0 Å². The van der Waals surface area contributed by atoms with Crippen molar-refractivity contribution in [2.75, 3.05) is 32.6 Å². The molecule has 0 saturated carbocycles. The molecule has 2 aliphatic rings. The summed E-state index contributed by atoms with van der Waals surface area (Å²) in [6.45, 7) is 1.19. The third-order valence-electron chi connectivity index (χ3n) is 4.86. The first-order valence-corrected chi connectivity index (χ1v) is 10.4. The fourth-order valence-corrected chi connectivity index (χ4v) is 3.81. The minimum Gasteiger partial charge on any atom is -0.371 e. The Morgan fingerprint density at radius 2 is 2.00 bits per heavy atom. The van der Waals surface area contributed by atoms with Crippen LogP contribution >= 0.6 is 11.8 Å². The SMILES string of the molecule is CSc1nccc(C(O)N2CC3(CN2C(=O)Cc2ccc(F)cc2)OCCO3)n1. The number of thioether (sulfide) groups is 1. The van der Waals surface area contributed by atoms with Crippen LogP contribution in [0.4, 0.5) is 4.39 Å². The predicted molar refractivity (Wildman–Crippen MR) is 102 cm³/mol. The average molecular weight is 420 g/mol. The Kier molecular flexibility index (Phi) is 5.79. The molecule has 4 rings (SSSR count). The van der Waals surface area contributed by atoms with Gasteiger partial charge in [0.15, 0.2) is 11.4 Å². The molecular weight excluding hydrogens is 399 g/mol. The zero-order valence-corrected chi connectivity index (χ0v) is 16.6. The topological polar surface area (TPSA) is 88.0 Å². The lowest BCUT2D eigenvalue weighted by atomic mass is 10.1. The minimum absolute atomic E-state index is 0.0550. The molecule has 1 aromatic carbocycles. The van der Waals surface area contributed by atoms with Crippen molar-refractivity contribution in [3.8, 4) is 0 Å². The molecule has 2 fully saturated rings. The summed E-state index contributed by atoms with van der Waals surface area (Å²) in [5.74, 6) is -1.60. The minimum atomic E-state index is -1.17. The molecule has 1 N–H and O–H groups in total. The van der Waals surface area contributed by atoms with Crippen LogP contribution in [0.25, 0.3) is 0 Å². The van der Waals surface area contributed by atoms with Crippen molar-refractivity contribution in [1.82, 2.24) is 20.0 Å². The van der Waals surface area contributed by atoms with Crippen molar-refractivity contribution in [2.24, 2.45) is 0 Å². The second-order valence-electron chi connectivity index (χ2n) is 6.80. The molecule has 0 bridgehead atoms. The molecular formula is C19H21FN4O4S. The van der Waals surface area contributed by atoms with Gasteiger partial charge in [0, 0.05) is 6.20 Å². The number of aliphatic hydroxyl groups is 1. The first-order chi connectivity index (χ1) is 14.0. The summed E-state index contributed by atoms with van der Waals surface area (Å²) in [5.41, 5.74) is 1.05. The molecule has 1 aromatic heterocycles. The van der Waals surface area contributed by atoms with E-state index in [1.807, 2.05) is 6.26 Å². The molecule has 154 valence electrons. The number of benzene rings is 1. The number of hydrazine groups is 1. The Bertz CT molecular complexity index is 879. The quantitative estimate of drug-likeness (QED) is 0.573. The van der Waals surface area contributed by atoms with Gasteiger partial charge in [-0.05, 0) is 30.0 Å². The van der Waals surface area contributed by atoms with Gasteiger partial charge < -0.3 is 14.6 Å². The molecule has 0 radical (unpaired) electrons. The van der Waals surface area contributed by atoms with Crippen molar-refractivity contribution < 1.29 is 23.8 Å². The average Bonchev–Trinajstić information content (AvgIpc) is 3.36. The van der Waals surface area contributed by atoms with Crippen LogP contribution in [0.5, 0.6) is 0 Å². The van der Waals surface area contributed by atoms with Crippen molar-refractivity contribution in [1.29, 1.82) is 0 Å². The molecule has 1 atom stereocenters. The molecule has 2 aromatic rings. The maximum atomic E-state index is 13.2. The van der Waals surface area contributed by atoms with Gasteiger partial charge in [-0.15, -0.1) is 0 Å². The van der Waals surface area contributed by atoms with Crippen LogP contribution in [0.3, 0.4) is 0 Å². The lowest BCUT2D eigenvalue weighted by molar-refractivity contribution is -0.162. The number of carbonyl (C=O) groups is 1. The van der Waals surface area contributed by atoms with E-state index in [9.17, 15) is 14.3 Å². The molecule has 1 amide bonds. The van der Waals surface area contributed by atoms with Gasteiger partial charge in [0.1, 0.15) is 5.82 Å². The number of ether oxygens (including phenoxy) is 2. The highest BCUT2D eigenvalue weighted by atomic mass is 32.2. The third-order valence-corrected chi connectivity index (χ3v) is 5.42. The molecule has 29 heavy (non-hydrogen) atoms. The normalized spacial score (nSPS) is 19.8. The highest BCUT2D eigenvalue weighted by molar-refractivity contribution is 7.98. The second kappa shape index (κ2) is 8.33. The number of nitrogens with zero attached hydrogens (tertiary/aromatic N) is 4. The molecule has 0 aliphatic carbocycles. The van der Waals surface area contributed by atoms with Crippen LogP contribution < -0.4 is 0 Å². The number of halogens is 1.